The van der Waals surface area contributed by atoms with Crippen LogP contribution in [0.5, 0.6) is 0 Å². The van der Waals surface area contributed by atoms with Crippen LogP contribution in [-0.4, -0.2) is 31.5 Å². The van der Waals surface area contributed by atoms with Crippen molar-refractivity contribution in [2.24, 2.45) is 0 Å². The summed E-state index contributed by atoms with van der Waals surface area (Å²) < 4.78 is 14.6. The first-order valence-corrected chi connectivity index (χ1v) is 7.24. The van der Waals surface area contributed by atoms with E-state index in [0.717, 1.165) is 5.56 Å². The van der Waals surface area contributed by atoms with E-state index in [0.29, 0.717) is 5.56 Å². The molecule has 7 heteroatoms. The summed E-state index contributed by atoms with van der Waals surface area (Å²) in [5.74, 6) is -1.06. The molecule has 0 unspecified atom stereocenters. The number of nitrogens with one attached hydrogen (secondary N) is 1. The zero-order chi connectivity index (χ0) is 17.4. The number of ether oxygens (including phenoxy) is 2. The van der Waals surface area contributed by atoms with Gasteiger partial charge in [-0.25, -0.2) is 4.79 Å². The van der Waals surface area contributed by atoms with Crippen LogP contribution in [0, 0.1) is 0 Å². The molecule has 0 saturated heterocycles. The van der Waals surface area contributed by atoms with Gasteiger partial charge in [0.05, 0.1) is 25.4 Å². The topological polar surface area (TPSA) is 94.8 Å². The molecule has 1 heterocycles. The largest absolute Gasteiger partial charge is 0.465 e. The Morgan fingerprint density at radius 3 is 2.50 bits per heavy atom. The first kappa shape index (κ1) is 17.3. The number of carbonyl (C=O) groups excluding carboxylic acids is 3. The molecule has 1 N–H and O–H groups in total. The fraction of sp³-hybridized carbons (Fsp3) is 0.235. The normalized spacial score (nSPS) is 10.0. The van der Waals surface area contributed by atoms with Crippen molar-refractivity contribution in [2.45, 2.75) is 13.0 Å². The number of carbonyl (C=O) groups is 3. The highest BCUT2D eigenvalue weighted by Gasteiger charge is 2.10. The highest BCUT2D eigenvalue weighted by molar-refractivity contribution is 5.91. The molecule has 1 aromatic heterocycles. The molecule has 0 fully saturated rings. The van der Waals surface area contributed by atoms with Crippen LogP contribution in [-0.2, 0) is 20.9 Å². The van der Waals surface area contributed by atoms with Gasteiger partial charge >= 0.3 is 11.9 Å². The second kappa shape index (κ2) is 8.52. The van der Waals surface area contributed by atoms with Crippen molar-refractivity contribution in [2.75, 3.05) is 13.7 Å². The highest BCUT2D eigenvalue weighted by Crippen LogP contribution is 2.07. The average Bonchev–Trinajstić information content (AvgIpc) is 3.14. The van der Waals surface area contributed by atoms with E-state index >= 15 is 0 Å². The number of rotatable bonds is 7. The van der Waals surface area contributed by atoms with Crippen molar-refractivity contribution in [3.63, 3.8) is 0 Å². The lowest BCUT2D eigenvalue weighted by Crippen LogP contribution is -2.26. The van der Waals surface area contributed by atoms with Crippen molar-refractivity contribution in [3.8, 4) is 0 Å². The predicted molar refractivity (Wildman–Crippen MR) is 83.2 cm³/mol. The van der Waals surface area contributed by atoms with Gasteiger partial charge in [-0.05, 0) is 29.8 Å². The maximum absolute atomic E-state index is 11.6. The summed E-state index contributed by atoms with van der Waals surface area (Å²) in [6.45, 7) is 0.242. The molecule has 2 aromatic rings. The molecule has 1 aromatic carbocycles. The van der Waals surface area contributed by atoms with Gasteiger partial charge in [0.25, 0.3) is 5.91 Å². The maximum Gasteiger partial charge on any atom is 0.337 e. The minimum atomic E-state index is -0.438. The fourth-order valence-corrected chi connectivity index (χ4v) is 1.86. The summed E-state index contributed by atoms with van der Waals surface area (Å²) >= 11 is 0. The Bertz CT molecular complexity index is 690. The van der Waals surface area contributed by atoms with Gasteiger partial charge in [0.15, 0.2) is 5.76 Å². The van der Waals surface area contributed by atoms with Crippen molar-refractivity contribution in [1.82, 2.24) is 5.32 Å². The number of hydrogen-bond acceptors (Lipinski definition) is 6. The number of amides is 1. The monoisotopic (exact) mass is 331 g/mol. The summed E-state index contributed by atoms with van der Waals surface area (Å²) in [6, 6.07) is 9.69. The lowest BCUT2D eigenvalue weighted by molar-refractivity contribution is -0.144. The third-order valence-electron chi connectivity index (χ3n) is 3.13. The average molecular weight is 331 g/mol. The Labute approximate surface area is 138 Å². The van der Waals surface area contributed by atoms with Crippen LogP contribution in [0.3, 0.4) is 0 Å². The molecule has 0 aliphatic heterocycles. The summed E-state index contributed by atoms with van der Waals surface area (Å²) in [5.41, 5.74) is 1.17. The number of hydrogen-bond donors (Lipinski definition) is 1. The van der Waals surface area contributed by atoms with E-state index in [9.17, 15) is 14.4 Å². The maximum atomic E-state index is 11.6. The number of methoxy groups -OCH3 is 1. The van der Waals surface area contributed by atoms with E-state index in [1.807, 2.05) is 0 Å². The van der Waals surface area contributed by atoms with Gasteiger partial charge in [-0.15, -0.1) is 0 Å². The summed E-state index contributed by atoms with van der Waals surface area (Å²) in [7, 11) is 1.31. The molecule has 0 aliphatic carbocycles. The van der Waals surface area contributed by atoms with E-state index < -0.39 is 11.9 Å². The highest BCUT2D eigenvalue weighted by atomic mass is 16.5. The molecule has 126 valence electrons. The van der Waals surface area contributed by atoms with Crippen molar-refractivity contribution < 1.29 is 28.3 Å². The quantitative estimate of drug-likeness (QED) is 0.779. The molecule has 2 rings (SSSR count). The van der Waals surface area contributed by atoms with Crippen LogP contribution in [0.4, 0.5) is 0 Å². The van der Waals surface area contributed by atoms with Gasteiger partial charge in [0.1, 0.15) is 6.61 Å². The molecular formula is C17H17NO6. The van der Waals surface area contributed by atoms with Gasteiger partial charge in [0, 0.05) is 6.54 Å². The van der Waals surface area contributed by atoms with Gasteiger partial charge in [-0.2, -0.15) is 0 Å². The molecule has 24 heavy (non-hydrogen) atoms. The van der Waals surface area contributed by atoms with Crippen LogP contribution in [0.25, 0.3) is 0 Å². The van der Waals surface area contributed by atoms with Crippen molar-refractivity contribution in [3.05, 3.63) is 59.5 Å². The van der Waals surface area contributed by atoms with Crippen LogP contribution in [0.2, 0.25) is 0 Å². The molecule has 0 aliphatic rings. The Hall–Kier alpha value is -3.09. The number of esters is 2. The molecule has 0 radical (unpaired) electrons. The fourth-order valence-electron chi connectivity index (χ4n) is 1.86. The van der Waals surface area contributed by atoms with Crippen molar-refractivity contribution in [1.29, 1.82) is 0 Å². The molecule has 0 atom stereocenters. The first-order chi connectivity index (χ1) is 11.6. The third kappa shape index (κ3) is 4.98. The zero-order valence-electron chi connectivity index (χ0n) is 13.1. The first-order valence-electron chi connectivity index (χ1n) is 7.24. The molecule has 0 bridgehead atoms. The Morgan fingerprint density at radius 2 is 1.88 bits per heavy atom. The van der Waals surface area contributed by atoms with Crippen LogP contribution in [0.1, 0.15) is 32.9 Å². The van der Waals surface area contributed by atoms with Crippen LogP contribution in [0.15, 0.2) is 47.1 Å². The Kier molecular flexibility index (Phi) is 6.13. The van der Waals surface area contributed by atoms with Gasteiger partial charge in [0.2, 0.25) is 0 Å². The SMILES string of the molecule is COC(=O)c1ccc(COC(=O)CCNC(=O)c2ccco2)cc1. The Balaban J connectivity index is 1.69. The molecule has 7 nitrogen and oxygen atoms in total. The standard InChI is InChI=1S/C17H17NO6/c1-22-17(21)13-6-4-12(5-7-13)11-24-15(19)8-9-18-16(20)14-3-2-10-23-14/h2-7,10H,8-9,11H2,1H3,(H,18,20). The summed E-state index contributed by atoms with van der Waals surface area (Å²) in [5, 5.41) is 2.56. The zero-order valence-corrected chi connectivity index (χ0v) is 13.1. The van der Waals surface area contributed by atoms with E-state index in [4.69, 9.17) is 9.15 Å². The molecule has 0 spiro atoms. The minimum absolute atomic E-state index is 0.0483. The molecule has 1 amide bonds. The Morgan fingerprint density at radius 1 is 1.12 bits per heavy atom. The lowest BCUT2D eigenvalue weighted by Gasteiger charge is -2.06. The second-order valence-corrected chi connectivity index (χ2v) is 4.83. The third-order valence-corrected chi connectivity index (χ3v) is 3.13. The van der Waals surface area contributed by atoms with Gasteiger partial charge in [-0.1, -0.05) is 12.1 Å². The number of furan rings is 1. The lowest BCUT2D eigenvalue weighted by atomic mass is 10.1. The van der Waals surface area contributed by atoms with Gasteiger partial charge < -0.3 is 19.2 Å². The minimum Gasteiger partial charge on any atom is -0.465 e. The second-order valence-electron chi connectivity index (χ2n) is 4.83. The van der Waals surface area contributed by atoms with E-state index in [1.165, 1.54) is 19.4 Å². The summed E-state index contributed by atoms with van der Waals surface area (Å²) in [4.78, 5) is 34.5. The molecule has 0 saturated carbocycles. The predicted octanol–water partition coefficient (Wildman–Crippen LogP) is 1.93. The van der Waals surface area contributed by atoms with E-state index in [2.05, 4.69) is 10.1 Å². The van der Waals surface area contributed by atoms with E-state index in [1.54, 1.807) is 30.3 Å². The summed E-state index contributed by atoms with van der Waals surface area (Å²) in [6.07, 6.45) is 1.45. The van der Waals surface area contributed by atoms with Crippen LogP contribution >= 0.6 is 0 Å². The van der Waals surface area contributed by atoms with Gasteiger partial charge in [-0.3, -0.25) is 9.59 Å². The number of benzene rings is 1. The smallest absolute Gasteiger partial charge is 0.337 e. The molecular weight excluding hydrogens is 314 g/mol. The van der Waals surface area contributed by atoms with Crippen LogP contribution < -0.4 is 5.32 Å². The van der Waals surface area contributed by atoms with E-state index in [-0.39, 0.29) is 31.2 Å². The van der Waals surface area contributed by atoms with Crippen molar-refractivity contribution >= 4 is 17.8 Å².